The van der Waals surface area contributed by atoms with E-state index in [2.05, 4.69) is 17.5 Å². The number of methoxy groups -OCH3 is 1. The lowest BCUT2D eigenvalue weighted by Gasteiger charge is -2.08. The molecule has 90 valence electrons. The average Bonchev–Trinajstić information content (AvgIpc) is 2.84. The van der Waals surface area contributed by atoms with E-state index in [9.17, 15) is 0 Å². The Morgan fingerprint density at radius 2 is 2.24 bits per heavy atom. The Bertz CT molecular complexity index is 468. The molecule has 0 aliphatic heterocycles. The lowest BCUT2D eigenvalue weighted by molar-refractivity contribution is 0.405. The van der Waals surface area contributed by atoms with Crippen molar-refractivity contribution < 1.29 is 4.74 Å². The van der Waals surface area contributed by atoms with E-state index in [0.717, 1.165) is 28.5 Å². The molecule has 4 heteroatoms. The molecule has 0 bridgehead atoms. The van der Waals surface area contributed by atoms with Crippen LogP contribution in [0.3, 0.4) is 0 Å². The number of nitrogen functional groups attached to an aromatic ring is 1. The Morgan fingerprint density at radius 1 is 1.35 bits per heavy atom. The molecule has 2 nitrogen and oxygen atoms in total. The van der Waals surface area contributed by atoms with E-state index in [0.29, 0.717) is 0 Å². The second-order valence-electron chi connectivity index (χ2n) is 3.59. The van der Waals surface area contributed by atoms with Gasteiger partial charge in [0.1, 0.15) is 5.75 Å². The molecule has 0 unspecified atom stereocenters. The van der Waals surface area contributed by atoms with Crippen molar-refractivity contribution in [1.29, 1.82) is 0 Å². The number of benzene rings is 1. The second kappa shape index (κ2) is 5.98. The van der Waals surface area contributed by atoms with Gasteiger partial charge in [0.05, 0.1) is 7.11 Å². The van der Waals surface area contributed by atoms with Gasteiger partial charge in [-0.05, 0) is 30.0 Å². The number of aryl methyl sites for hydroxylation is 1. The van der Waals surface area contributed by atoms with Crippen LogP contribution in [0.2, 0.25) is 0 Å². The van der Waals surface area contributed by atoms with E-state index >= 15 is 0 Å². The fraction of sp³-hybridized carbons (Fsp3) is 0.231. The summed E-state index contributed by atoms with van der Waals surface area (Å²) in [5.41, 5.74) is 6.46. The molecular formula is C13H15NOS2. The van der Waals surface area contributed by atoms with Crippen LogP contribution in [0.4, 0.5) is 5.69 Å². The highest BCUT2D eigenvalue weighted by Gasteiger charge is 2.04. The summed E-state index contributed by atoms with van der Waals surface area (Å²) in [7, 11) is 1.68. The molecule has 0 saturated heterocycles. The van der Waals surface area contributed by atoms with Crippen LogP contribution in [-0.4, -0.2) is 12.9 Å². The largest absolute Gasteiger partial charge is 0.496 e. The number of hydrogen-bond acceptors (Lipinski definition) is 4. The van der Waals surface area contributed by atoms with Crippen molar-refractivity contribution in [3.63, 3.8) is 0 Å². The summed E-state index contributed by atoms with van der Waals surface area (Å²) in [5.74, 6) is 1.92. The first-order valence-corrected chi connectivity index (χ1v) is 7.25. The monoisotopic (exact) mass is 265 g/mol. The second-order valence-corrected chi connectivity index (χ2v) is 5.76. The fourth-order valence-corrected chi connectivity index (χ4v) is 3.35. The maximum atomic E-state index is 5.72. The number of hydrogen-bond donors (Lipinski definition) is 1. The Kier molecular flexibility index (Phi) is 4.34. The minimum Gasteiger partial charge on any atom is -0.496 e. The third-order valence-electron chi connectivity index (χ3n) is 2.37. The number of anilines is 1. The summed E-state index contributed by atoms with van der Waals surface area (Å²) in [6.07, 6.45) is 1.09. The highest BCUT2D eigenvalue weighted by Crippen LogP contribution is 2.31. The molecule has 2 N–H and O–H groups in total. The number of thiophene rings is 1. The highest BCUT2D eigenvalue weighted by molar-refractivity contribution is 7.99. The number of nitrogens with two attached hydrogens (primary N) is 1. The minimum atomic E-state index is 0.740. The minimum absolute atomic E-state index is 0.740. The van der Waals surface area contributed by atoms with Crippen molar-refractivity contribution in [1.82, 2.24) is 0 Å². The molecule has 0 aliphatic carbocycles. The Hall–Kier alpha value is -1.13. The molecule has 0 amide bonds. The topological polar surface area (TPSA) is 35.2 Å². The van der Waals surface area contributed by atoms with Gasteiger partial charge in [-0.25, -0.2) is 0 Å². The molecule has 2 aromatic rings. The molecular weight excluding hydrogens is 250 g/mol. The summed E-state index contributed by atoms with van der Waals surface area (Å²) in [6, 6.07) is 10.1. The van der Waals surface area contributed by atoms with Crippen molar-refractivity contribution in [2.75, 3.05) is 18.6 Å². The summed E-state index contributed by atoms with van der Waals surface area (Å²) in [4.78, 5) is 2.57. The van der Waals surface area contributed by atoms with Crippen LogP contribution < -0.4 is 10.5 Å². The van der Waals surface area contributed by atoms with Crippen LogP contribution in [0.5, 0.6) is 5.75 Å². The first-order chi connectivity index (χ1) is 8.29. The molecule has 2 rings (SSSR count). The van der Waals surface area contributed by atoms with Crippen LogP contribution in [0, 0.1) is 0 Å². The van der Waals surface area contributed by atoms with Crippen molar-refractivity contribution in [3.8, 4) is 5.75 Å². The zero-order chi connectivity index (χ0) is 12.1. The molecule has 0 fully saturated rings. The standard InChI is InChI=1S/C13H15NOS2/c1-15-12-9-10(14)4-5-13(12)17-8-6-11-3-2-7-16-11/h2-5,7,9H,6,8,14H2,1H3. The normalized spacial score (nSPS) is 10.4. The lowest BCUT2D eigenvalue weighted by atomic mass is 10.3. The van der Waals surface area contributed by atoms with Crippen LogP contribution >= 0.6 is 23.1 Å². The van der Waals surface area contributed by atoms with Crippen LogP contribution in [0.1, 0.15) is 4.88 Å². The molecule has 0 radical (unpaired) electrons. The fourth-order valence-electron chi connectivity index (χ4n) is 1.52. The zero-order valence-electron chi connectivity index (χ0n) is 9.68. The van der Waals surface area contributed by atoms with Gasteiger partial charge in [-0.15, -0.1) is 23.1 Å². The highest BCUT2D eigenvalue weighted by atomic mass is 32.2. The van der Waals surface area contributed by atoms with E-state index in [-0.39, 0.29) is 0 Å². The van der Waals surface area contributed by atoms with Gasteiger partial charge in [0.25, 0.3) is 0 Å². The smallest absolute Gasteiger partial charge is 0.134 e. The first kappa shape index (κ1) is 12.3. The molecule has 17 heavy (non-hydrogen) atoms. The zero-order valence-corrected chi connectivity index (χ0v) is 11.3. The third-order valence-corrected chi connectivity index (χ3v) is 4.37. The predicted molar refractivity (Wildman–Crippen MR) is 76.2 cm³/mol. The van der Waals surface area contributed by atoms with E-state index in [1.165, 1.54) is 4.88 Å². The quantitative estimate of drug-likeness (QED) is 0.661. The molecule has 0 atom stereocenters. The maximum Gasteiger partial charge on any atom is 0.134 e. The Balaban J connectivity index is 1.94. The summed E-state index contributed by atoms with van der Waals surface area (Å²) < 4.78 is 5.32. The summed E-state index contributed by atoms with van der Waals surface area (Å²) in [6.45, 7) is 0. The van der Waals surface area contributed by atoms with E-state index < -0.39 is 0 Å². The van der Waals surface area contributed by atoms with Crippen LogP contribution in [-0.2, 0) is 6.42 Å². The van der Waals surface area contributed by atoms with Crippen molar-refractivity contribution in [2.45, 2.75) is 11.3 Å². The Morgan fingerprint density at radius 3 is 2.94 bits per heavy atom. The number of thioether (sulfide) groups is 1. The van der Waals surface area contributed by atoms with Gasteiger partial charge in [0.15, 0.2) is 0 Å². The van der Waals surface area contributed by atoms with Gasteiger partial charge in [-0.3, -0.25) is 0 Å². The van der Waals surface area contributed by atoms with Gasteiger partial charge in [0.2, 0.25) is 0 Å². The van der Waals surface area contributed by atoms with Gasteiger partial charge in [-0.1, -0.05) is 6.07 Å². The van der Waals surface area contributed by atoms with E-state index in [1.54, 1.807) is 30.2 Å². The van der Waals surface area contributed by atoms with Crippen molar-refractivity contribution >= 4 is 28.8 Å². The molecule has 1 aromatic carbocycles. The SMILES string of the molecule is COc1cc(N)ccc1SCCc1cccs1. The van der Waals surface area contributed by atoms with Crippen molar-refractivity contribution in [3.05, 3.63) is 40.6 Å². The molecule has 0 spiro atoms. The van der Waals surface area contributed by atoms with Gasteiger partial charge >= 0.3 is 0 Å². The van der Waals surface area contributed by atoms with Gasteiger partial charge in [0, 0.05) is 27.3 Å². The third kappa shape index (κ3) is 3.41. The number of ether oxygens (including phenoxy) is 1. The van der Waals surface area contributed by atoms with Crippen LogP contribution in [0.25, 0.3) is 0 Å². The Labute approximate surface area is 110 Å². The average molecular weight is 265 g/mol. The van der Waals surface area contributed by atoms with Crippen LogP contribution in [0.15, 0.2) is 40.6 Å². The van der Waals surface area contributed by atoms with Gasteiger partial charge in [-0.2, -0.15) is 0 Å². The molecule has 1 aromatic heterocycles. The summed E-state index contributed by atoms with van der Waals surface area (Å²) >= 11 is 3.61. The lowest BCUT2D eigenvalue weighted by Crippen LogP contribution is -1.91. The molecule has 0 aliphatic rings. The summed E-state index contributed by atoms with van der Waals surface area (Å²) in [5, 5.41) is 2.11. The predicted octanol–water partition coefficient (Wildman–Crippen LogP) is 3.67. The van der Waals surface area contributed by atoms with Crippen molar-refractivity contribution in [2.24, 2.45) is 0 Å². The first-order valence-electron chi connectivity index (χ1n) is 5.38. The van der Waals surface area contributed by atoms with E-state index in [1.807, 2.05) is 18.2 Å². The molecule has 1 heterocycles. The number of rotatable bonds is 5. The van der Waals surface area contributed by atoms with E-state index in [4.69, 9.17) is 10.5 Å². The molecule has 0 saturated carbocycles. The van der Waals surface area contributed by atoms with Gasteiger partial charge < -0.3 is 10.5 Å². The maximum absolute atomic E-state index is 5.72.